The van der Waals surface area contributed by atoms with Gasteiger partial charge in [0.1, 0.15) is 0 Å². The summed E-state index contributed by atoms with van der Waals surface area (Å²) in [4.78, 5) is 2.45. The molecule has 0 aromatic heterocycles. The highest BCUT2D eigenvalue weighted by molar-refractivity contribution is 5.85. The van der Waals surface area contributed by atoms with Crippen molar-refractivity contribution in [2.75, 3.05) is 31.1 Å². The van der Waals surface area contributed by atoms with Crippen molar-refractivity contribution in [2.45, 2.75) is 13.3 Å². The van der Waals surface area contributed by atoms with Gasteiger partial charge in [0.05, 0.1) is 0 Å². The Bertz CT molecular complexity index is 299. The second-order valence-electron chi connectivity index (χ2n) is 3.76. The van der Waals surface area contributed by atoms with Crippen LogP contribution in [-0.2, 0) is 6.42 Å². The lowest BCUT2D eigenvalue weighted by Gasteiger charge is -2.29. The number of hydrogen-bond acceptors (Lipinski definition) is 2. The van der Waals surface area contributed by atoms with Gasteiger partial charge in [-0.25, -0.2) is 0 Å². The summed E-state index contributed by atoms with van der Waals surface area (Å²) in [5, 5.41) is 3.37. The zero-order valence-corrected chi connectivity index (χ0v) is 11.2. The van der Waals surface area contributed by atoms with Crippen LogP contribution in [0.4, 0.5) is 5.69 Å². The lowest BCUT2D eigenvalue weighted by atomic mass is 10.1. The second kappa shape index (κ2) is 7.77. The van der Waals surface area contributed by atoms with Crippen LogP contribution in [0.1, 0.15) is 12.5 Å². The second-order valence-corrected chi connectivity index (χ2v) is 3.76. The Labute approximate surface area is 110 Å². The van der Waals surface area contributed by atoms with E-state index in [1.165, 1.54) is 11.3 Å². The van der Waals surface area contributed by atoms with E-state index in [2.05, 4.69) is 41.4 Å². The molecule has 0 bridgehead atoms. The van der Waals surface area contributed by atoms with Crippen LogP contribution < -0.4 is 10.2 Å². The Morgan fingerprint density at radius 1 is 1.19 bits per heavy atom. The van der Waals surface area contributed by atoms with Gasteiger partial charge in [-0.3, -0.25) is 0 Å². The minimum Gasteiger partial charge on any atom is -0.369 e. The zero-order valence-electron chi connectivity index (χ0n) is 9.61. The fourth-order valence-electron chi connectivity index (χ4n) is 1.90. The van der Waals surface area contributed by atoms with Crippen LogP contribution in [0.5, 0.6) is 0 Å². The summed E-state index contributed by atoms with van der Waals surface area (Å²) < 4.78 is 0. The summed E-state index contributed by atoms with van der Waals surface area (Å²) in [5.74, 6) is 0. The standard InChI is InChI=1S/C12H18N2.2ClH/c1-2-11-4-3-5-12(10-11)14-8-6-13-7-9-14;;/h3-5,10,13H,2,6-9H2,1H3;2*1H. The molecule has 4 heteroatoms. The summed E-state index contributed by atoms with van der Waals surface area (Å²) >= 11 is 0. The number of halogens is 2. The highest BCUT2D eigenvalue weighted by Crippen LogP contribution is 2.16. The number of piperazine rings is 1. The van der Waals surface area contributed by atoms with Crippen LogP contribution in [0.15, 0.2) is 24.3 Å². The van der Waals surface area contributed by atoms with Crippen molar-refractivity contribution in [3.05, 3.63) is 29.8 Å². The average molecular weight is 263 g/mol. The van der Waals surface area contributed by atoms with Gasteiger partial charge in [0, 0.05) is 31.9 Å². The molecule has 0 saturated carbocycles. The maximum atomic E-state index is 3.37. The largest absolute Gasteiger partial charge is 0.369 e. The molecule has 1 N–H and O–H groups in total. The van der Waals surface area contributed by atoms with Gasteiger partial charge >= 0.3 is 0 Å². The topological polar surface area (TPSA) is 15.3 Å². The monoisotopic (exact) mass is 262 g/mol. The van der Waals surface area contributed by atoms with Gasteiger partial charge in [-0.05, 0) is 24.1 Å². The molecular formula is C12H20Cl2N2. The number of benzene rings is 1. The van der Waals surface area contributed by atoms with Gasteiger partial charge in [-0.2, -0.15) is 0 Å². The third-order valence-corrected chi connectivity index (χ3v) is 2.80. The number of aryl methyl sites for hydroxylation is 1. The SMILES string of the molecule is CCc1cccc(N2CCNCC2)c1.Cl.Cl. The molecule has 0 unspecified atom stereocenters. The van der Waals surface area contributed by atoms with Crippen LogP contribution in [0.2, 0.25) is 0 Å². The summed E-state index contributed by atoms with van der Waals surface area (Å²) in [5.41, 5.74) is 2.81. The number of rotatable bonds is 2. The van der Waals surface area contributed by atoms with Crippen molar-refractivity contribution in [1.82, 2.24) is 5.32 Å². The fourth-order valence-corrected chi connectivity index (χ4v) is 1.90. The van der Waals surface area contributed by atoms with E-state index in [4.69, 9.17) is 0 Å². The molecule has 2 nitrogen and oxygen atoms in total. The van der Waals surface area contributed by atoms with Gasteiger partial charge < -0.3 is 10.2 Å². The molecule has 0 spiro atoms. The Balaban J connectivity index is 0.00000112. The van der Waals surface area contributed by atoms with Crippen molar-refractivity contribution >= 4 is 30.5 Å². The predicted molar refractivity (Wildman–Crippen MR) is 75.4 cm³/mol. The third kappa shape index (κ3) is 3.85. The first kappa shape index (κ1) is 15.6. The Hall–Kier alpha value is -0.440. The highest BCUT2D eigenvalue weighted by atomic mass is 35.5. The fraction of sp³-hybridized carbons (Fsp3) is 0.500. The van der Waals surface area contributed by atoms with Gasteiger partial charge in [0.2, 0.25) is 0 Å². The first-order valence-electron chi connectivity index (χ1n) is 5.45. The third-order valence-electron chi connectivity index (χ3n) is 2.80. The molecule has 1 saturated heterocycles. The van der Waals surface area contributed by atoms with Crippen molar-refractivity contribution in [3.8, 4) is 0 Å². The number of nitrogens with zero attached hydrogens (tertiary/aromatic N) is 1. The van der Waals surface area contributed by atoms with E-state index in [0.29, 0.717) is 0 Å². The van der Waals surface area contributed by atoms with Crippen LogP contribution in [0, 0.1) is 0 Å². The molecule has 0 aliphatic carbocycles. The zero-order chi connectivity index (χ0) is 9.80. The van der Waals surface area contributed by atoms with E-state index in [0.717, 1.165) is 32.6 Å². The Morgan fingerprint density at radius 2 is 1.88 bits per heavy atom. The molecule has 16 heavy (non-hydrogen) atoms. The first-order chi connectivity index (χ1) is 6.90. The molecule has 1 aromatic carbocycles. The van der Waals surface area contributed by atoms with E-state index in [1.54, 1.807) is 0 Å². The average Bonchev–Trinajstić information content (AvgIpc) is 2.30. The summed E-state index contributed by atoms with van der Waals surface area (Å²) in [6.07, 6.45) is 1.12. The molecule has 1 aliphatic rings. The molecule has 1 fully saturated rings. The molecule has 0 radical (unpaired) electrons. The number of anilines is 1. The van der Waals surface area contributed by atoms with E-state index in [9.17, 15) is 0 Å². The van der Waals surface area contributed by atoms with Crippen LogP contribution in [0.25, 0.3) is 0 Å². The number of nitrogens with one attached hydrogen (secondary N) is 1. The van der Waals surface area contributed by atoms with Crippen LogP contribution >= 0.6 is 24.8 Å². The molecule has 2 rings (SSSR count). The molecule has 0 amide bonds. The maximum Gasteiger partial charge on any atom is 0.0369 e. The molecule has 1 heterocycles. The van der Waals surface area contributed by atoms with Crippen LogP contribution in [-0.4, -0.2) is 26.2 Å². The molecule has 1 aromatic rings. The molecular weight excluding hydrogens is 243 g/mol. The quantitative estimate of drug-likeness (QED) is 0.882. The molecule has 0 atom stereocenters. The van der Waals surface area contributed by atoms with Gasteiger partial charge in [0.25, 0.3) is 0 Å². The van der Waals surface area contributed by atoms with E-state index in [-0.39, 0.29) is 24.8 Å². The lowest BCUT2D eigenvalue weighted by Crippen LogP contribution is -2.43. The summed E-state index contributed by atoms with van der Waals surface area (Å²) in [6, 6.07) is 8.89. The smallest absolute Gasteiger partial charge is 0.0369 e. The lowest BCUT2D eigenvalue weighted by molar-refractivity contribution is 0.589. The van der Waals surface area contributed by atoms with Crippen molar-refractivity contribution in [1.29, 1.82) is 0 Å². The molecule has 1 aliphatic heterocycles. The van der Waals surface area contributed by atoms with E-state index >= 15 is 0 Å². The van der Waals surface area contributed by atoms with Gasteiger partial charge in [0.15, 0.2) is 0 Å². The van der Waals surface area contributed by atoms with Gasteiger partial charge in [-0.15, -0.1) is 24.8 Å². The summed E-state index contributed by atoms with van der Waals surface area (Å²) in [7, 11) is 0. The van der Waals surface area contributed by atoms with E-state index in [1.807, 2.05) is 0 Å². The van der Waals surface area contributed by atoms with Crippen molar-refractivity contribution in [3.63, 3.8) is 0 Å². The maximum absolute atomic E-state index is 3.37. The highest BCUT2D eigenvalue weighted by Gasteiger charge is 2.09. The van der Waals surface area contributed by atoms with Crippen molar-refractivity contribution < 1.29 is 0 Å². The van der Waals surface area contributed by atoms with Gasteiger partial charge in [-0.1, -0.05) is 19.1 Å². The first-order valence-corrected chi connectivity index (χ1v) is 5.45. The minimum atomic E-state index is 0. The van der Waals surface area contributed by atoms with Crippen LogP contribution in [0.3, 0.4) is 0 Å². The predicted octanol–water partition coefficient (Wildman–Crippen LogP) is 2.50. The van der Waals surface area contributed by atoms with Crippen molar-refractivity contribution in [2.24, 2.45) is 0 Å². The number of hydrogen-bond donors (Lipinski definition) is 1. The Kier molecular flexibility index (Phi) is 7.56. The van der Waals surface area contributed by atoms with E-state index < -0.39 is 0 Å². The molecule has 92 valence electrons. The summed E-state index contributed by atoms with van der Waals surface area (Å²) in [6.45, 7) is 6.68. The Morgan fingerprint density at radius 3 is 2.50 bits per heavy atom. The normalized spacial score (nSPS) is 14.9. The minimum absolute atomic E-state index is 0.